The van der Waals surface area contributed by atoms with E-state index < -0.39 is 5.92 Å². The SMILES string of the molecule is C=CCN(CCC)C(=O)C(C#N)C(C)C. The number of hydrogen-bond donors (Lipinski definition) is 0. The maximum Gasteiger partial charge on any atom is 0.240 e. The van der Waals surface area contributed by atoms with Crippen molar-refractivity contribution in [2.24, 2.45) is 11.8 Å². The third-order valence-electron chi connectivity index (χ3n) is 2.23. The second-order valence-corrected chi connectivity index (χ2v) is 3.92. The van der Waals surface area contributed by atoms with Gasteiger partial charge < -0.3 is 4.90 Å². The van der Waals surface area contributed by atoms with Gasteiger partial charge >= 0.3 is 0 Å². The zero-order valence-electron chi connectivity index (χ0n) is 9.86. The molecule has 84 valence electrons. The van der Waals surface area contributed by atoms with Crippen molar-refractivity contribution in [3.63, 3.8) is 0 Å². The molecule has 0 fully saturated rings. The zero-order chi connectivity index (χ0) is 11.8. The Kier molecular flexibility index (Phi) is 6.44. The van der Waals surface area contributed by atoms with E-state index in [2.05, 4.69) is 12.6 Å². The summed E-state index contributed by atoms with van der Waals surface area (Å²) in [7, 11) is 0. The lowest BCUT2D eigenvalue weighted by Gasteiger charge is -2.24. The van der Waals surface area contributed by atoms with Gasteiger partial charge in [-0.3, -0.25) is 4.79 Å². The molecular formula is C12H20N2O. The van der Waals surface area contributed by atoms with Crippen LogP contribution in [0.1, 0.15) is 27.2 Å². The number of rotatable bonds is 6. The van der Waals surface area contributed by atoms with Gasteiger partial charge in [0.15, 0.2) is 0 Å². The first-order valence-electron chi connectivity index (χ1n) is 5.37. The van der Waals surface area contributed by atoms with Crippen LogP contribution < -0.4 is 0 Å². The number of nitrogens with zero attached hydrogens (tertiary/aromatic N) is 2. The average Bonchev–Trinajstić information content (AvgIpc) is 2.17. The molecule has 0 saturated heterocycles. The molecule has 0 spiro atoms. The molecule has 3 nitrogen and oxygen atoms in total. The summed E-state index contributed by atoms with van der Waals surface area (Å²) in [5.74, 6) is -0.544. The van der Waals surface area contributed by atoms with Crippen LogP contribution in [-0.2, 0) is 4.79 Å². The van der Waals surface area contributed by atoms with Crippen molar-refractivity contribution in [2.75, 3.05) is 13.1 Å². The molecule has 0 bridgehead atoms. The van der Waals surface area contributed by atoms with Crippen LogP contribution in [0.15, 0.2) is 12.7 Å². The summed E-state index contributed by atoms with van der Waals surface area (Å²) in [5.41, 5.74) is 0. The van der Waals surface area contributed by atoms with Crippen LogP contribution in [0, 0.1) is 23.2 Å². The second kappa shape index (κ2) is 7.05. The summed E-state index contributed by atoms with van der Waals surface area (Å²) >= 11 is 0. The second-order valence-electron chi connectivity index (χ2n) is 3.92. The van der Waals surface area contributed by atoms with E-state index in [0.29, 0.717) is 13.1 Å². The lowest BCUT2D eigenvalue weighted by molar-refractivity contribution is -0.134. The molecular weight excluding hydrogens is 188 g/mol. The van der Waals surface area contributed by atoms with Crippen LogP contribution in [0.4, 0.5) is 0 Å². The Morgan fingerprint density at radius 1 is 1.60 bits per heavy atom. The van der Waals surface area contributed by atoms with Gasteiger partial charge in [-0.25, -0.2) is 0 Å². The van der Waals surface area contributed by atoms with Crippen molar-refractivity contribution in [1.29, 1.82) is 5.26 Å². The Bertz CT molecular complexity index is 253. The minimum atomic E-state index is -0.531. The highest BCUT2D eigenvalue weighted by Gasteiger charge is 2.25. The molecule has 0 aliphatic rings. The fourth-order valence-electron chi connectivity index (χ4n) is 1.40. The first-order valence-corrected chi connectivity index (χ1v) is 5.37. The molecule has 1 unspecified atom stereocenters. The maximum atomic E-state index is 12.0. The van der Waals surface area contributed by atoms with E-state index in [1.807, 2.05) is 20.8 Å². The Morgan fingerprint density at radius 3 is 2.53 bits per heavy atom. The molecule has 0 rings (SSSR count). The van der Waals surface area contributed by atoms with Crippen molar-refractivity contribution in [3.8, 4) is 6.07 Å². The van der Waals surface area contributed by atoms with Crippen LogP contribution >= 0.6 is 0 Å². The number of amides is 1. The zero-order valence-corrected chi connectivity index (χ0v) is 9.86. The van der Waals surface area contributed by atoms with Crippen LogP contribution in [0.2, 0.25) is 0 Å². The van der Waals surface area contributed by atoms with Crippen molar-refractivity contribution in [1.82, 2.24) is 4.90 Å². The Morgan fingerprint density at radius 2 is 2.20 bits per heavy atom. The van der Waals surface area contributed by atoms with Gasteiger partial charge in [0.2, 0.25) is 5.91 Å². The van der Waals surface area contributed by atoms with Crippen molar-refractivity contribution < 1.29 is 4.79 Å². The van der Waals surface area contributed by atoms with E-state index in [-0.39, 0.29) is 11.8 Å². The molecule has 0 aromatic heterocycles. The van der Waals surface area contributed by atoms with Crippen molar-refractivity contribution in [2.45, 2.75) is 27.2 Å². The summed E-state index contributed by atoms with van der Waals surface area (Å²) in [5, 5.41) is 8.93. The van der Waals surface area contributed by atoms with Crippen LogP contribution in [0.5, 0.6) is 0 Å². The van der Waals surface area contributed by atoms with Gasteiger partial charge in [-0.15, -0.1) is 6.58 Å². The van der Waals surface area contributed by atoms with Crippen LogP contribution in [0.3, 0.4) is 0 Å². The number of nitriles is 1. The fourth-order valence-corrected chi connectivity index (χ4v) is 1.40. The quantitative estimate of drug-likeness (QED) is 0.628. The smallest absolute Gasteiger partial charge is 0.240 e. The van der Waals surface area contributed by atoms with E-state index in [0.717, 1.165) is 6.42 Å². The molecule has 0 aliphatic heterocycles. The van der Waals surface area contributed by atoms with Gasteiger partial charge in [-0.05, 0) is 12.3 Å². The Hall–Kier alpha value is -1.30. The lowest BCUT2D eigenvalue weighted by Crippen LogP contribution is -2.38. The molecule has 0 aliphatic carbocycles. The minimum Gasteiger partial charge on any atom is -0.338 e. The summed E-state index contributed by atoms with van der Waals surface area (Å²) in [4.78, 5) is 13.6. The van der Waals surface area contributed by atoms with E-state index in [4.69, 9.17) is 5.26 Å². The largest absolute Gasteiger partial charge is 0.338 e. The van der Waals surface area contributed by atoms with Gasteiger partial charge in [-0.1, -0.05) is 26.8 Å². The summed E-state index contributed by atoms with van der Waals surface area (Å²) in [6, 6.07) is 2.07. The van der Waals surface area contributed by atoms with Crippen LogP contribution in [0.25, 0.3) is 0 Å². The number of hydrogen-bond acceptors (Lipinski definition) is 2. The molecule has 3 heteroatoms. The van der Waals surface area contributed by atoms with Crippen molar-refractivity contribution in [3.05, 3.63) is 12.7 Å². The standard InChI is InChI=1S/C12H20N2O/c1-5-7-14(8-6-2)12(15)11(9-13)10(3)4/h5,10-11H,1,6-8H2,2-4H3. The normalized spacial score (nSPS) is 11.9. The Labute approximate surface area is 92.4 Å². The maximum absolute atomic E-state index is 12.0. The molecule has 0 saturated carbocycles. The van der Waals surface area contributed by atoms with Crippen LogP contribution in [-0.4, -0.2) is 23.9 Å². The first kappa shape index (κ1) is 13.7. The summed E-state index contributed by atoms with van der Waals surface area (Å²) < 4.78 is 0. The first-order chi connectivity index (χ1) is 7.08. The molecule has 15 heavy (non-hydrogen) atoms. The monoisotopic (exact) mass is 208 g/mol. The molecule has 0 radical (unpaired) electrons. The highest BCUT2D eigenvalue weighted by atomic mass is 16.2. The predicted molar refractivity (Wildman–Crippen MR) is 61.0 cm³/mol. The van der Waals surface area contributed by atoms with E-state index >= 15 is 0 Å². The molecule has 0 N–H and O–H groups in total. The molecule has 0 aromatic rings. The van der Waals surface area contributed by atoms with Crippen molar-refractivity contribution >= 4 is 5.91 Å². The average molecular weight is 208 g/mol. The summed E-state index contributed by atoms with van der Waals surface area (Å²) in [6.45, 7) is 10.6. The van der Waals surface area contributed by atoms with Gasteiger partial charge in [0.05, 0.1) is 6.07 Å². The summed E-state index contributed by atoms with van der Waals surface area (Å²) in [6.07, 6.45) is 2.60. The predicted octanol–water partition coefficient (Wildman–Crippen LogP) is 2.21. The molecule has 0 heterocycles. The topological polar surface area (TPSA) is 44.1 Å². The third kappa shape index (κ3) is 4.16. The number of carbonyl (C=O) groups is 1. The molecule has 1 amide bonds. The highest BCUT2D eigenvalue weighted by molar-refractivity contribution is 5.81. The lowest BCUT2D eigenvalue weighted by atomic mass is 9.96. The molecule has 0 aromatic carbocycles. The molecule has 1 atom stereocenters. The number of carbonyl (C=O) groups excluding carboxylic acids is 1. The van der Waals surface area contributed by atoms with Gasteiger partial charge in [0, 0.05) is 13.1 Å². The van der Waals surface area contributed by atoms with Gasteiger partial charge in [0.1, 0.15) is 5.92 Å². The van der Waals surface area contributed by atoms with Gasteiger partial charge in [0.25, 0.3) is 0 Å². The highest BCUT2D eigenvalue weighted by Crippen LogP contribution is 2.13. The Balaban J connectivity index is 4.60. The fraction of sp³-hybridized carbons (Fsp3) is 0.667. The van der Waals surface area contributed by atoms with Gasteiger partial charge in [-0.2, -0.15) is 5.26 Å². The third-order valence-corrected chi connectivity index (χ3v) is 2.23. The minimum absolute atomic E-state index is 0.0617. The van der Waals surface area contributed by atoms with E-state index in [1.165, 1.54) is 0 Å². The van der Waals surface area contributed by atoms with E-state index in [9.17, 15) is 4.79 Å². The van der Waals surface area contributed by atoms with E-state index in [1.54, 1.807) is 11.0 Å².